The molecule has 1 heterocycles. The second kappa shape index (κ2) is 7.04. The van der Waals surface area contributed by atoms with Crippen molar-refractivity contribution >= 4 is 0 Å². The molecule has 0 unspecified atom stereocenters. The molecule has 0 bridgehead atoms. The molecule has 1 saturated heterocycles. The number of hydrogen-bond acceptors (Lipinski definition) is 4. The lowest BCUT2D eigenvalue weighted by molar-refractivity contribution is -0.0519. The van der Waals surface area contributed by atoms with Crippen LogP contribution in [0.3, 0.4) is 0 Å². The van der Waals surface area contributed by atoms with E-state index in [2.05, 4.69) is 17.0 Å². The van der Waals surface area contributed by atoms with Crippen LogP contribution >= 0.6 is 0 Å². The van der Waals surface area contributed by atoms with Crippen molar-refractivity contribution in [2.24, 2.45) is 0 Å². The van der Waals surface area contributed by atoms with Crippen molar-refractivity contribution in [1.82, 2.24) is 5.32 Å². The summed E-state index contributed by atoms with van der Waals surface area (Å²) in [6.07, 6.45) is 1.78. The Hall–Kier alpha value is -1.40. The molecule has 0 atom stereocenters. The van der Waals surface area contributed by atoms with E-state index in [1.807, 2.05) is 0 Å². The average molecular weight is 301 g/mol. The van der Waals surface area contributed by atoms with E-state index in [1.165, 1.54) is 7.11 Å². The van der Waals surface area contributed by atoms with Crippen LogP contribution in [0.5, 0.6) is 11.5 Å². The largest absolute Gasteiger partial charge is 0.493 e. The number of ether oxygens (including phenoxy) is 3. The zero-order chi connectivity index (χ0) is 15.3. The van der Waals surface area contributed by atoms with Crippen LogP contribution in [0.15, 0.2) is 18.2 Å². The highest BCUT2D eigenvalue weighted by Crippen LogP contribution is 2.33. The smallest absolute Gasteiger partial charge is 0.387 e. The molecule has 0 radical (unpaired) electrons. The van der Waals surface area contributed by atoms with Gasteiger partial charge in [-0.2, -0.15) is 8.78 Å². The van der Waals surface area contributed by atoms with Crippen LogP contribution in [0.2, 0.25) is 0 Å². The first kappa shape index (κ1) is 16.0. The van der Waals surface area contributed by atoms with Crippen molar-refractivity contribution in [2.45, 2.75) is 38.5 Å². The Morgan fingerprint density at radius 3 is 2.67 bits per heavy atom. The van der Waals surface area contributed by atoms with Crippen molar-refractivity contribution in [3.8, 4) is 11.5 Å². The number of rotatable bonds is 6. The summed E-state index contributed by atoms with van der Waals surface area (Å²) in [5.74, 6) is 0.407. The first-order valence-electron chi connectivity index (χ1n) is 6.97. The van der Waals surface area contributed by atoms with Crippen LogP contribution in [-0.2, 0) is 11.3 Å². The Labute approximate surface area is 123 Å². The molecule has 6 heteroatoms. The van der Waals surface area contributed by atoms with E-state index in [0.717, 1.165) is 12.8 Å². The maximum atomic E-state index is 12.6. The Morgan fingerprint density at radius 1 is 1.33 bits per heavy atom. The van der Waals surface area contributed by atoms with Gasteiger partial charge < -0.3 is 19.5 Å². The van der Waals surface area contributed by atoms with E-state index in [4.69, 9.17) is 9.47 Å². The number of nitrogens with one attached hydrogen (secondary N) is 1. The third-order valence-corrected chi connectivity index (χ3v) is 3.79. The van der Waals surface area contributed by atoms with Gasteiger partial charge in [0.1, 0.15) is 0 Å². The highest BCUT2D eigenvalue weighted by Gasteiger charge is 2.27. The van der Waals surface area contributed by atoms with Crippen LogP contribution in [-0.4, -0.2) is 32.5 Å². The molecule has 1 aromatic rings. The van der Waals surface area contributed by atoms with Crippen molar-refractivity contribution in [3.05, 3.63) is 23.8 Å². The highest BCUT2D eigenvalue weighted by molar-refractivity contribution is 5.46. The Balaban J connectivity index is 2.11. The Morgan fingerprint density at radius 2 is 2.05 bits per heavy atom. The van der Waals surface area contributed by atoms with E-state index in [1.54, 1.807) is 18.2 Å². The molecular weight excluding hydrogens is 280 g/mol. The van der Waals surface area contributed by atoms with Crippen molar-refractivity contribution in [2.75, 3.05) is 20.3 Å². The number of methoxy groups -OCH3 is 1. The van der Waals surface area contributed by atoms with Gasteiger partial charge in [0.2, 0.25) is 0 Å². The predicted octanol–water partition coefficient (Wildman–Crippen LogP) is 2.96. The SMILES string of the molecule is COc1cccc(CNC2(C)CCOCC2)c1OC(F)F. The minimum atomic E-state index is -2.88. The van der Waals surface area contributed by atoms with Crippen molar-refractivity contribution < 1.29 is 23.0 Å². The van der Waals surface area contributed by atoms with E-state index < -0.39 is 6.61 Å². The minimum Gasteiger partial charge on any atom is -0.493 e. The van der Waals surface area contributed by atoms with Crippen LogP contribution < -0.4 is 14.8 Å². The summed E-state index contributed by atoms with van der Waals surface area (Å²) in [6, 6.07) is 5.13. The number of para-hydroxylation sites is 1. The number of alkyl halides is 2. The third-order valence-electron chi connectivity index (χ3n) is 3.79. The summed E-state index contributed by atoms with van der Waals surface area (Å²) < 4.78 is 40.2. The summed E-state index contributed by atoms with van der Waals surface area (Å²) in [5.41, 5.74) is 0.603. The molecule has 0 spiro atoms. The lowest BCUT2D eigenvalue weighted by atomic mass is 9.92. The first-order chi connectivity index (χ1) is 10.0. The molecule has 1 fully saturated rings. The second-order valence-corrected chi connectivity index (χ2v) is 5.35. The van der Waals surface area contributed by atoms with Crippen LogP contribution in [0.1, 0.15) is 25.3 Å². The van der Waals surface area contributed by atoms with Gasteiger partial charge in [-0.1, -0.05) is 12.1 Å². The van der Waals surface area contributed by atoms with E-state index >= 15 is 0 Å². The van der Waals surface area contributed by atoms with E-state index in [0.29, 0.717) is 31.1 Å². The normalized spacial score (nSPS) is 17.8. The molecule has 118 valence electrons. The lowest BCUT2D eigenvalue weighted by Crippen LogP contribution is -2.46. The molecule has 2 rings (SSSR count). The lowest BCUT2D eigenvalue weighted by Gasteiger charge is -2.35. The molecule has 0 aromatic heterocycles. The monoisotopic (exact) mass is 301 g/mol. The second-order valence-electron chi connectivity index (χ2n) is 5.35. The number of hydrogen-bond donors (Lipinski definition) is 1. The van der Waals surface area contributed by atoms with Crippen LogP contribution in [0.4, 0.5) is 8.78 Å². The quantitative estimate of drug-likeness (QED) is 0.877. The van der Waals surface area contributed by atoms with Crippen LogP contribution in [0, 0.1) is 0 Å². The Bertz CT molecular complexity index is 462. The molecule has 4 nitrogen and oxygen atoms in total. The van der Waals surface area contributed by atoms with Crippen molar-refractivity contribution in [3.63, 3.8) is 0 Å². The molecule has 1 aliphatic heterocycles. The molecule has 1 N–H and O–H groups in total. The number of benzene rings is 1. The molecule has 1 aromatic carbocycles. The number of halogens is 2. The summed E-state index contributed by atoms with van der Waals surface area (Å²) in [7, 11) is 1.44. The highest BCUT2D eigenvalue weighted by atomic mass is 19.3. The predicted molar refractivity (Wildman–Crippen MR) is 74.9 cm³/mol. The fourth-order valence-electron chi connectivity index (χ4n) is 2.39. The van der Waals surface area contributed by atoms with E-state index in [9.17, 15) is 8.78 Å². The summed E-state index contributed by atoms with van der Waals surface area (Å²) in [6.45, 7) is 1.10. The topological polar surface area (TPSA) is 39.7 Å². The molecule has 21 heavy (non-hydrogen) atoms. The zero-order valence-corrected chi connectivity index (χ0v) is 12.3. The Kier molecular flexibility index (Phi) is 5.36. The van der Waals surface area contributed by atoms with Gasteiger partial charge in [-0.25, -0.2) is 0 Å². The fraction of sp³-hybridized carbons (Fsp3) is 0.600. The summed E-state index contributed by atoms with van der Waals surface area (Å²) >= 11 is 0. The summed E-state index contributed by atoms with van der Waals surface area (Å²) in [5, 5.41) is 3.42. The minimum absolute atomic E-state index is 0.0522. The van der Waals surface area contributed by atoms with Gasteiger partial charge in [-0.05, 0) is 25.8 Å². The van der Waals surface area contributed by atoms with Gasteiger partial charge in [0.05, 0.1) is 7.11 Å². The van der Waals surface area contributed by atoms with Crippen LogP contribution in [0.25, 0.3) is 0 Å². The average Bonchev–Trinajstić information content (AvgIpc) is 2.46. The molecule has 1 aliphatic rings. The van der Waals surface area contributed by atoms with Gasteiger partial charge in [0.25, 0.3) is 0 Å². The fourth-order valence-corrected chi connectivity index (χ4v) is 2.39. The van der Waals surface area contributed by atoms with Crippen molar-refractivity contribution in [1.29, 1.82) is 0 Å². The molecular formula is C15H21F2NO3. The maximum Gasteiger partial charge on any atom is 0.387 e. The van der Waals surface area contributed by atoms with Gasteiger partial charge in [0.15, 0.2) is 11.5 Å². The summed E-state index contributed by atoms with van der Waals surface area (Å²) in [4.78, 5) is 0. The van der Waals surface area contributed by atoms with Gasteiger partial charge >= 0.3 is 6.61 Å². The molecule has 0 aliphatic carbocycles. The van der Waals surface area contributed by atoms with Gasteiger partial charge in [-0.15, -0.1) is 0 Å². The molecule has 0 saturated carbocycles. The van der Waals surface area contributed by atoms with E-state index in [-0.39, 0.29) is 11.3 Å². The standard InChI is InChI=1S/C15H21F2NO3/c1-15(6-8-20-9-7-15)18-10-11-4-3-5-12(19-2)13(11)21-14(16)17/h3-5,14,18H,6-10H2,1-2H3. The maximum absolute atomic E-state index is 12.6. The van der Waals surface area contributed by atoms with Gasteiger partial charge in [0, 0.05) is 30.9 Å². The molecule has 0 amide bonds. The first-order valence-corrected chi connectivity index (χ1v) is 6.97. The van der Waals surface area contributed by atoms with Gasteiger partial charge in [-0.3, -0.25) is 0 Å². The third kappa shape index (κ3) is 4.28. The zero-order valence-electron chi connectivity index (χ0n) is 12.3.